The second kappa shape index (κ2) is 13.2. The molecule has 0 saturated heterocycles. The van der Waals surface area contributed by atoms with E-state index in [1.807, 2.05) is 32.2 Å². The van der Waals surface area contributed by atoms with E-state index < -0.39 is 16.1 Å². The van der Waals surface area contributed by atoms with Crippen molar-refractivity contribution in [2.24, 2.45) is 13.0 Å². The van der Waals surface area contributed by atoms with Gasteiger partial charge in [0.05, 0.1) is 24.5 Å². The lowest BCUT2D eigenvalue weighted by Gasteiger charge is -2.38. The first-order chi connectivity index (χ1) is 21.0. The van der Waals surface area contributed by atoms with E-state index in [2.05, 4.69) is 51.0 Å². The van der Waals surface area contributed by atoms with Crippen molar-refractivity contribution in [1.29, 1.82) is 0 Å². The van der Waals surface area contributed by atoms with Crippen LogP contribution in [0.3, 0.4) is 0 Å². The van der Waals surface area contributed by atoms with Crippen molar-refractivity contribution in [2.45, 2.75) is 37.6 Å². The van der Waals surface area contributed by atoms with Gasteiger partial charge in [-0.05, 0) is 48.9 Å². The van der Waals surface area contributed by atoms with Crippen molar-refractivity contribution in [3.05, 3.63) is 96.4 Å². The van der Waals surface area contributed by atoms with E-state index >= 15 is 0 Å². The molecule has 0 unspecified atom stereocenters. The number of ether oxygens (including phenoxy) is 1. The van der Waals surface area contributed by atoms with E-state index in [1.165, 1.54) is 29.7 Å². The van der Waals surface area contributed by atoms with Gasteiger partial charge < -0.3 is 19.3 Å². The number of sulfonamides is 1. The molecule has 1 aliphatic rings. The largest absolute Gasteiger partial charge is 0.488 e. The lowest BCUT2D eigenvalue weighted by Crippen LogP contribution is -2.49. The quantitative estimate of drug-likeness (QED) is 0.273. The number of rotatable bonds is 10. The highest BCUT2D eigenvalue weighted by Gasteiger charge is 2.34. The number of imidazole rings is 1. The number of aromatic nitrogens is 2. The number of nitrogens with zero attached hydrogens (tertiary/aromatic N) is 4. The summed E-state index contributed by atoms with van der Waals surface area (Å²) in [6.07, 6.45) is 2.52. The van der Waals surface area contributed by atoms with Crippen LogP contribution in [0, 0.1) is 5.92 Å². The van der Waals surface area contributed by atoms with Crippen molar-refractivity contribution >= 4 is 21.6 Å². The van der Waals surface area contributed by atoms with Gasteiger partial charge in [0, 0.05) is 44.5 Å². The predicted octanol–water partition coefficient (Wildman–Crippen LogP) is 4.24. The number of nitrogens with one attached hydrogen (secondary N) is 1. The number of fused-ring (bicyclic) bond motifs is 1. The van der Waals surface area contributed by atoms with E-state index in [0.717, 1.165) is 5.56 Å². The van der Waals surface area contributed by atoms with Gasteiger partial charge in [0.1, 0.15) is 11.9 Å². The highest BCUT2D eigenvalue weighted by atomic mass is 32.2. The Balaban J connectivity index is 1.36. The Kier molecular flexibility index (Phi) is 9.38. The number of likely N-dealkylation sites (N-methyl/N-ethyl adjacent to an activating group) is 1. The minimum atomic E-state index is -3.97. The van der Waals surface area contributed by atoms with E-state index in [1.54, 1.807) is 35.6 Å². The number of hydrogen-bond acceptors (Lipinski definition) is 7. The average Bonchev–Trinajstić information content (AvgIpc) is 3.47. The van der Waals surface area contributed by atoms with Crippen LogP contribution in [0.4, 0.5) is 5.69 Å². The van der Waals surface area contributed by atoms with Crippen molar-refractivity contribution in [3.63, 3.8) is 0 Å². The predicted molar refractivity (Wildman–Crippen MR) is 170 cm³/mol. The minimum Gasteiger partial charge on any atom is -0.488 e. The molecule has 0 saturated carbocycles. The Hall–Kier alpha value is -4.19. The zero-order chi connectivity index (χ0) is 31.4. The third-order valence-electron chi connectivity index (χ3n) is 7.88. The molecule has 10 nitrogen and oxygen atoms in total. The number of hydrogen-bond donors (Lipinski definition) is 2. The van der Waals surface area contributed by atoms with E-state index in [-0.39, 0.29) is 40.8 Å². The fourth-order valence-corrected chi connectivity index (χ4v) is 6.39. The number of aliphatic hydroxyl groups is 1. The van der Waals surface area contributed by atoms with E-state index in [0.29, 0.717) is 25.4 Å². The first-order valence-corrected chi connectivity index (χ1v) is 16.1. The first kappa shape index (κ1) is 31.2. The average molecular weight is 618 g/mol. The molecule has 44 heavy (non-hydrogen) atoms. The van der Waals surface area contributed by atoms with Gasteiger partial charge in [-0.25, -0.2) is 4.98 Å². The molecule has 11 heteroatoms. The van der Waals surface area contributed by atoms with Gasteiger partial charge in [0.2, 0.25) is 0 Å². The Morgan fingerprint density at radius 3 is 2.45 bits per heavy atom. The van der Waals surface area contributed by atoms with Gasteiger partial charge in [-0.15, -0.1) is 0 Å². The zero-order valence-electron chi connectivity index (χ0n) is 25.4. The van der Waals surface area contributed by atoms with Crippen LogP contribution >= 0.6 is 0 Å². The fourth-order valence-electron chi connectivity index (χ4n) is 5.36. The highest BCUT2D eigenvalue weighted by Crippen LogP contribution is 2.31. The minimum absolute atomic E-state index is 0.0497. The number of anilines is 1. The molecule has 1 amide bonds. The fraction of sp³-hybridized carbons (Fsp3) is 0.333. The molecule has 0 fully saturated rings. The molecule has 1 aromatic heterocycles. The highest BCUT2D eigenvalue weighted by molar-refractivity contribution is 7.92. The number of aryl methyl sites for hydroxylation is 1. The van der Waals surface area contributed by atoms with Crippen molar-refractivity contribution < 1.29 is 23.1 Å². The molecule has 1 aliphatic heterocycles. The number of amides is 1. The second-order valence-corrected chi connectivity index (χ2v) is 13.2. The molecule has 2 heterocycles. The van der Waals surface area contributed by atoms with Crippen LogP contribution in [0.15, 0.2) is 90.3 Å². The first-order valence-electron chi connectivity index (χ1n) is 14.6. The lowest BCUT2D eigenvalue weighted by atomic mass is 9.99. The number of aliphatic hydroxyl groups excluding tert-OH is 1. The molecule has 5 rings (SSSR count). The maximum atomic E-state index is 13.8. The molecule has 232 valence electrons. The maximum Gasteiger partial charge on any atom is 0.280 e. The molecule has 3 aromatic carbocycles. The summed E-state index contributed by atoms with van der Waals surface area (Å²) in [6, 6.07) is 23.0. The molecule has 4 aromatic rings. The van der Waals surface area contributed by atoms with E-state index in [9.17, 15) is 18.3 Å². The molecule has 2 N–H and O–H groups in total. The summed E-state index contributed by atoms with van der Waals surface area (Å²) in [6.45, 7) is 5.29. The van der Waals surface area contributed by atoms with Crippen LogP contribution in [0.5, 0.6) is 5.75 Å². The van der Waals surface area contributed by atoms with Crippen LogP contribution < -0.4 is 9.46 Å². The standard InChI is InChI=1S/C33H39N5O5S/c1-23-17-38(24(2)21-39)33(40)29-16-28(35-44(41,42)32-20-37(4)22-34-32)14-15-30(29)43-31(23)19-36(3)18-25-10-12-27(13-11-25)26-8-6-5-7-9-26/h5-16,20,22-24,31,35,39H,17-19,21H2,1-4H3/t23-,24-,31-/m1/s1. The second-order valence-electron chi connectivity index (χ2n) is 11.6. The summed E-state index contributed by atoms with van der Waals surface area (Å²) >= 11 is 0. The zero-order valence-corrected chi connectivity index (χ0v) is 26.2. The monoisotopic (exact) mass is 617 g/mol. The van der Waals surface area contributed by atoms with Crippen molar-refractivity contribution in [1.82, 2.24) is 19.4 Å². The molecule has 0 bridgehead atoms. The van der Waals surface area contributed by atoms with Gasteiger partial charge in [0.15, 0.2) is 5.03 Å². The summed E-state index contributed by atoms with van der Waals surface area (Å²) in [5.74, 6) is -0.0213. The molecule has 0 radical (unpaired) electrons. The topological polar surface area (TPSA) is 117 Å². The van der Waals surface area contributed by atoms with Gasteiger partial charge in [-0.2, -0.15) is 8.42 Å². The van der Waals surface area contributed by atoms with Gasteiger partial charge >= 0.3 is 0 Å². The third kappa shape index (κ3) is 7.12. The summed E-state index contributed by atoms with van der Waals surface area (Å²) < 4.78 is 36.4. The Morgan fingerprint density at radius 1 is 1.09 bits per heavy atom. The summed E-state index contributed by atoms with van der Waals surface area (Å²) in [5, 5.41) is 9.84. The van der Waals surface area contributed by atoms with Gasteiger partial charge in [-0.1, -0.05) is 61.5 Å². The van der Waals surface area contributed by atoms with Gasteiger partial charge in [-0.3, -0.25) is 14.4 Å². The van der Waals surface area contributed by atoms with Crippen LogP contribution in [0.2, 0.25) is 0 Å². The van der Waals surface area contributed by atoms with Crippen LogP contribution in [0.25, 0.3) is 11.1 Å². The molecular weight excluding hydrogens is 578 g/mol. The van der Waals surface area contributed by atoms with Crippen molar-refractivity contribution in [3.8, 4) is 16.9 Å². The molecule has 0 spiro atoms. The normalized spacial score (nSPS) is 17.9. The van der Waals surface area contributed by atoms with Crippen LogP contribution in [-0.4, -0.2) is 77.7 Å². The number of carbonyl (C=O) groups is 1. The molecule has 0 aliphatic carbocycles. The van der Waals surface area contributed by atoms with Crippen LogP contribution in [-0.2, 0) is 23.6 Å². The smallest absolute Gasteiger partial charge is 0.280 e. The third-order valence-corrected chi connectivity index (χ3v) is 9.14. The molecular formula is C33H39N5O5S. The van der Waals surface area contributed by atoms with Gasteiger partial charge in [0.25, 0.3) is 15.9 Å². The lowest BCUT2D eigenvalue weighted by molar-refractivity contribution is 0.0341. The SMILES string of the molecule is C[C@@H]1CN([C@H](C)CO)C(=O)c2cc(NS(=O)(=O)c3cn(C)cn3)ccc2O[C@@H]1CN(C)Cc1ccc(-c2ccccc2)cc1. The number of carbonyl (C=O) groups excluding carboxylic acids is 1. The maximum absolute atomic E-state index is 13.8. The number of benzene rings is 3. The molecule has 3 atom stereocenters. The van der Waals surface area contributed by atoms with E-state index in [4.69, 9.17) is 4.74 Å². The summed E-state index contributed by atoms with van der Waals surface area (Å²) in [5.41, 5.74) is 3.94. The van der Waals surface area contributed by atoms with Crippen molar-refractivity contribution in [2.75, 3.05) is 31.5 Å². The summed E-state index contributed by atoms with van der Waals surface area (Å²) in [4.78, 5) is 21.5. The Morgan fingerprint density at radius 2 is 1.80 bits per heavy atom. The Labute approximate surface area is 259 Å². The Bertz CT molecular complexity index is 1690. The van der Waals surface area contributed by atoms with Crippen LogP contribution in [0.1, 0.15) is 29.8 Å². The summed E-state index contributed by atoms with van der Waals surface area (Å²) in [7, 11) is -0.247.